The molecular weight excluding hydrogens is 276 g/mol. The van der Waals surface area contributed by atoms with Crippen LogP contribution < -0.4 is 10.1 Å². The summed E-state index contributed by atoms with van der Waals surface area (Å²) in [6.45, 7) is 3.56. The maximum absolute atomic E-state index is 13.3. The first kappa shape index (κ1) is 15.0. The molecule has 0 saturated carbocycles. The van der Waals surface area contributed by atoms with Gasteiger partial charge in [-0.2, -0.15) is 0 Å². The van der Waals surface area contributed by atoms with Crippen LogP contribution in [0.5, 0.6) is 5.75 Å². The smallest absolute Gasteiger partial charge is 0.262 e. The second kappa shape index (κ2) is 6.35. The number of amides is 1. The number of halogens is 2. The summed E-state index contributed by atoms with van der Waals surface area (Å²) >= 11 is 0. The van der Waals surface area contributed by atoms with E-state index in [9.17, 15) is 13.6 Å². The minimum atomic E-state index is -0.839. The molecule has 0 bridgehead atoms. The molecule has 1 amide bonds. The molecule has 0 radical (unpaired) electrons. The average Bonchev–Trinajstić information content (AvgIpc) is 2.42. The SMILES string of the molecule is Cc1ccc(NC(=O)COc2ccc(F)cc2F)cc1C. The van der Waals surface area contributed by atoms with Crippen LogP contribution in [0.3, 0.4) is 0 Å². The van der Waals surface area contributed by atoms with Gasteiger partial charge >= 0.3 is 0 Å². The molecule has 0 atom stereocenters. The molecule has 0 unspecified atom stereocenters. The predicted molar refractivity (Wildman–Crippen MR) is 76.4 cm³/mol. The molecular formula is C16H15F2NO2. The maximum atomic E-state index is 13.3. The number of carbonyl (C=O) groups is 1. The van der Waals surface area contributed by atoms with Gasteiger partial charge in [0.2, 0.25) is 0 Å². The highest BCUT2D eigenvalue weighted by atomic mass is 19.1. The summed E-state index contributed by atoms with van der Waals surface area (Å²) in [6, 6.07) is 8.43. The van der Waals surface area contributed by atoms with E-state index >= 15 is 0 Å². The molecule has 0 aliphatic rings. The number of ether oxygens (including phenoxy) is 1. The molecule has 0 saturated heterocycles. The van der Waals surface area contributed by atoms with Crippen molar-refractivity contribution >= 4 is 11.6 Å². The first-order valence-corrected chi connectivity index (χ1v) is 6.40. The minimum Gasteiger partial charge on any atom is -0.481 e. The topological polar surface area (TPSA) is 38.3 Å². The largest absolute Gasteiger partial charge is 0.481 e. The van der Waals surface area contributed by atoms with Crippen molar-refractivity contribution in [2.45, 2.75) is 13.8 Å². The van der Waals surface area contributed by atoms with Crippen molar-refractivity contribution in [2.75, 3.05) is 11.9 Å². The van der Waals surface area contributed by atoms with E-state index in [1.54, 1.807) is 6.07 Å². The number of anilines is 1. The molecule has 3 nitrogen and oxygen atoms in total. The number of hydrogen-bond acceptors (Lipinski definition) is 2. The lowest BCUT2D eigenvalue weighted by Crippen LogP contribution is -2.20. The van der Waals surface area contributed by atoms with E-state index < -0.39 is 17.5 Å². The number of hydrogen-bond donors (Lipinski definition) is 1. The van der Waals surface area contributed by atoms with Crippen molar-refractivity contribution in [1.82, 2.24) is 0 Å². The highest BCUT2D eigenvalue weighted by molar-refractivity contribution is 5.92. The lowest BCUT2D eigenvalue weighted by atomic mass is 10.1. The van der Waals surface area contributed by atoms with E-state index in [4.69, 9.17) is 4.74 Å². The first-order valence-electron chi connectivity index (χ1n) is 6.40. The van der Waals surface area contributed by atoms with E-state index in [0.717, 1.165) is 23.3 Å². The molecule has 2 rings (SSSR count). The van der Waals surface area contributed by atoms with E-state index in [1.165, 1.54) is 0 Å². The second-order valence-electron chi connectivity index (χ2n) is 4.71. The summed E-state index contributed by atoms with van der Waals surface area (Å²) in [5, 5.41) is 2.65. The van der Waals surface area contributed by atoms with Gasteiger partial charge < -0.3 is 10.1 Å². The number of aryl methyl sites for hydroxylation is 2. The molecule has 2 aromatic rings. The summed E-state index contributed by atoms with van der Waals surface area (Å²) in [7, 11) is 0. The summed E-state index contributed by atoms with van der Waals surface area (Å²) in [4.78, 5) is 11.7. The van der Waals surface area contributed by atoms with Crippen LogP contribution in [0.2, 0.25) is 0 Å². The third kappa shape index (κ3) is 4.02. The lowest BCUT2D eigenvalue weighted by molar-refractivity contribution is -0.118. The standard InChI is InChI=1S/C16H15F2NO2/c1-10-3-5-13(7-11(10)2)19-16(20)9-21-15-6-4-12(17)8-14(15)18/h3-8H,9H2,1-2H3,(H,19,20). The van der Waals surface area contributed by atoms with E-state index in [2.05, 4.69) is 5.32 Å². The van der Waals surface area contributed by atoms with Gasteiger partial charge in [-0.05, 0) is 49.2 Å². The molecule has 0 aromatic heterocycles. The fourth-order valence-electron chi connectivity index (χ4n) is 1.75. The van der Waals surface area contributed by atoms with Gasteiger partial charge in [0.1, 0.15) is 5.82 Å². The monoisotopic (exact) mass is 291 g/mol. The van der Waals surface area contributed by atoms with Crippen molar-refractivity contribution in [3.05, 3.63) is 59.2 Å². The van der Waals surface area contributed by atoms with Gasteiger partial charge in [0.15, 0.2) is 18.2 Å². The molecule has 0 spiro atoms. The Bertz CT molecular complexity index is 671. The highest BCUT2D eigenvalue weighted by Crippen LogP contribution is 2.18. The van der Waals surface area contributed by atoms with Crippen LogP contribution in [0.15, 0.2) is 36.4 Å². The van der Waals surface area contributed by atoms with Crippen molar-refractivity contribution in [3.8, 4) is 5.75 Å². The normalized spacial score (nSPS) is 10.3. The van der Waals surface area contributed by atoms with Gasteiger partial charge in [0.05, 0.1) is 0 Å². The van der Waals surface area contributed by atoms with Crippen LogP contribution >= 0.6 is 0 Å². The minimum absolute atomic E-state index is 0.161. The fourth-order valence-corrected chi connectivity index (χ4v) is 1.75. The van der Waals surface area contributed by atoms with Crippen molar-refractivity contribution in [3.63, 3.8) is 0 Å². The predicted octanol–water partition coefficient (Wildman–Crippen LogP) is 3.60. The molecule has 1 N–H and O–H groups in total. The molecule has 0 heterocycles. The summed E-state index contributed by atoms with van der Waals surface area (Å²) in [6.07, 6.45) is 0. The van der Waals surface area contributed by atoms with E-state index in [-0.39, 0.29) is 12.4 Å². The molecule has 5 heteroatoms. The summed E-state index contributed by atoms with van der Waals surface area (Å²) in [5.74, 6) is -2.11. The van der Waals surface area contributed by atoms with Crippen molar-refractivity contribution < 1.29 is 18.3 Å². The van der Waals surface area contributed by atoms with Gasteiger partial charge in [-0.3, -0.25) is 4.79 Å². The molecule has 21 heavy (non-hydrogen) atoms. The number of benzene rings is 2. The van der Waals surface area contributed by atoms with Gasteiger partial charge in [0.25, 0.3) is 5.91 Å². The van der Waals surface area contributed by atoms with Crippen LogP contribution in [0.4, 0.5) is 14.5 Å². The van der Waals surface area contributed by atoms with Gasteiger partial charge in [0, 0.05) is 11.8 Å². The van der Waals surface area contributed by atoms with Crippen LogP contribution in [0.1, 0.15) is 11.1 Å². The van der Waals surface area contributed by atoms with E-state index in [0.29, 0.717) is 11.8 Å². The maximum Gasteiger partial charge on any atom is 0.262 e. The first-order chi connectivity index (χ1) is 9.95. The van der Waals surface area contributed by atoms with Gasteiger partial charge in [-0.15, -0.1) is 0 Å². The Morgan fingerprint density at radius 2 is 1.86 bits per heavy atom. The fraction of sp³-hybridized carbons (Fsp3) is 0.188. The third-order valence-corrected chi connectivity index (χ3v) is 3.04. The molecule has 110 valence electrons. The quantitative estimate of drug-likeness (QED) is 0.934. The van der Waals surface area contributed by atoms with Crippen LogP contribution in [-0.2, 0) is 4.79 Å². The Kier molecular flexibility index (Phi) is 4.52. The summed E-state index contributed by atoms with van der Waals surface area (Å²) < 4.78 is 31.1. The Labute approximate surface area is 121 Å². The molecule has 0 aliphatic carbocycles. The molecule has 2 aromatic carbocycles. The van der Waals surface area contributed by atoms with E-state index in [1.807, 2.05) is 26.0 Å². The lowest BCUT2D eigenvalue weighted by Gasteiger charge is -2.09. The Hall–Kier alpha value is -2.43. The van der Waals surface area contributed by atoms with Crippen LogP contribution in [0.25, 0.3) is 0 Å². The summed E-state index contributed by atoms with van der Waals surface area (Å²) in [5.41, 5.74) is 2.82. The second-order valence-corrected chi connectivity index (χ2v) is 4.71. The van der Waals surface area contributed by atoms with Gasteiger partial charge in [-0.25, -0.2) is 8.78 Å². The van der Waals surface area contributed by atoms with Crippen molar-refractivity contribution in [2.24, 2.45) is 0 Å². The van der Waals surface area contributed by atoms with Crippen LogP contribution in [-0.4, -0.2) is 12.5 Å². The van der Waals surface area contributed by atoms with Crippen molar-refractivity contribution in [1.29, 1.82) is 0 Å². The molecule has 0 aliphatic heterocycles. The number of nitrogens with one attached hydrogen (secondary N) is 1. The Morgan fingerprint density at radius 1 is 1.10 bits per heavy atom. The number of rotatable bonds is 4. The zero-order valence-corrected chi connectivity index (χ0v) is 11.7. The Balaban J connectivity index is 1.94. The highest BCUT2D eigenvalue weighted by Gasteiger charge is 2.08. The molecule has 0 fully saturated rings. The third-order valence-electron chi connectivity index (χ3n) is 3.04. The zero-order valence-electron chi connectivity index (χ0n) is 11.7. The average molecular weight is 291 g/mol. The van der Waals surface area contributed by atoms with Crippen LogP contribution in [0, 0.1) is 25.5 Å². The Morgan fingerprint density at radius 3 is 2.52 bits per heavy atom. The zero-order chi connectivity index (χ0) is 15.4. The van der Waals surface area contributed by atoms with Gasteiger partial charge in [-0.1, -0.05) is 6.07 Å². The number of carbonyl (C=O) groups excluding carboxylic acids is 1.